The van der Waals surface area contributed by atoms with Crippen molar-refractivity contribution in [3.8, 4) is 17.1 Å². The summed E-state index contributed by atoms with van der Waals surface area (Å²) in [5.41, 5.74) is 0.781. The van der Waals surface area contributed by atoms with Crippen LogP contribution in [0.2, 0.25) is 0 Å². The number of aromatic nitrogens is 1. The Bertz CT molecular complexity index is 727. The molecule has 2 aromatic rings. The molecule has 2 aliphatic rings. The van der Waals surface area contributed by atoms with Crippen molar-refractivity contribution in [3.05, 3.63) is 36.4 Å². The first-order valence-electron chi connectivity index (χ1n) is 7.90. The number of para-hydroxylation sites is 1. The molecule has 0 radical (unpaired) electrons. The van der Waals surface area contributed by atoms with Crippen LogP contribution in [0.1, 0.15) is 29.9 Å². The Kier molecular flexibility index (Phi) is 3.53. The van der Waals surface area contributed by atoms with Crippen molar-refractivity contribution in [3.63, 3.8) is 0 Å². The molecule has 0 aliphatic carbocycles. The molecule has 3 atom stereocenters. The second-order valence-corrected chi connectivity index (χ2v) is 6.09. The second-order valence-electron chi connectivity index (χ2n) is 6.09. The molecule has 1 aromatic heterocycles. The van der Waals surface area contributed by atoms with Crippen LogP contribution in [0.15, 0.2) is 34.9 Å². The fraction of sp³-hybridized carbons (Fsp3) is 0.412. The highest BCUT2D eigenvalue weighted by Crippen LogP contribution is 2.31. The molecule has 2 saturated heterocycles. The lowest BCUT2D eigenvalue weighted by molar-refractivity contribution is 0.0896. The topological polar surface area (TPSA) is 76.4 Å². The van der Waals surface area contributed by atoms with Crippen molar-refractivity contribution < 1.29 is 13.9 Å². The molecule has 23 heavy (non-hydrogen) atoms. The molecule has 0 unspecified atom stereocenters. The van der Waals surface area contributed by atoms with Crippen LogP contribution in [0.3, 0.4) is 0 Å². The van der Waals surface area contributed by atoms with E-state index in [1.54, 1.807) is 13.3 Å². The Morgan fingerprint density at radius 1 is 1.39 bits per heavy atom. The molecule has 1 aromatic carbocycles. The summed E-state index contributed by atoms with van der Waals surface area (Å²) in [6, 6.07) is 8.59. The number of nitrogens with zero attached hydrogens (tertiary/aromatic N) is 1. The molecular weight excluding hydrogens is 294 g/mol. The van der Waals surface area contributed by atoms with Crippen LogP contribution in [0.5, 0.6) is 5.75 Å². The highest BCUT2D eigenvalue weighted by molar-refractivity contribution is 5.90. The molecule has 3 heterocycles. The van der Waals surface area contributed by atoms with E-state index in [9.17, 15) is 4.79 Å². The zero-order valence-electron chi connectivity index (χ0n) is 12.9. The number of nitrogens with one attached hydrogen (secondary N) is 2. The smallest absolute Gasteiger partial charge is 0.307 e. The molecular formula is C17H19N3O3. The summed E-state index contributed by atoms with van der Waals surface area (Å²) in [5.74, 6) is 1.05. The zero-order chi connectivity index (χ0) is 15.8. The summed E-state index contributed by atoms with van der Waals surface area (Å²) in [6.45, 7) is 0. The molecule has 6 heteroatoms. The van der Waals surface area contributed by atoms with Gasteiger partial charge in [-0.25, -0.2) is 4.98 Å². The van der Waals surface area contributed by atoms with Gasteiger partial charge in [-0.2, -0.15) is 0 Å². The number of hydrogen-bond acceptors (Lipinski definition) is 5. The van der Waals surface area contributed by atoms with Crippen molar-refractivity contribution in [2.45, 2.75) is 37.4 Å². The monoisotopic (exact) mass is 313 g/mol. The Hall–Kier alpha value is -2.34. The largest absolute Gasteiger partial charge is 0.496 e. The first-order valence-corrected chi connectivity index (χ1v) is 7.90. The molecule has 0 saturated carbocycles. The molecule has 0 spiro atoms. The third kappa shape index (κ3) is 2.59. The Labute approximate surface area is 134 Å². The normalized spacial score (nSPS) is 25.5. The Morgan fingerprint density at radius 2 is 2.26 bits per heavy atom. The van der Waals surface area contributed by atoms with Gasteiger partial charge in [0.1, 0.15) is 5.75 Å². The van der Waals surface area contributed by atoms with Crippen molar-refractivity contribution in [2.75, 3.05) is 7.11 Å². The van der Waals surface area contributed by atoms with Gasteiger partial charge in [0.05, 0.1) is 18.9 Å². The lowest BCUT2D eigenvalue weighted by Gasteiger charge is -2.20. The Morgan fingerprint density at radius 3 is 3.00 bits per heavy atom. The number of fused-ring (bicyclic) bond motifs is 2. The molecule has 2 bridgehead atoms. The van der Waals surface area contributed by atoms with Crippen LogP contribution in [0.25, 0.3) is 11.3 Å². The van der Waals surface area contributed by atoms with E-state index < -0.39 is 0 Å². The predicted molar refractivity (Wildman–Crippen MR) is 84.3 cm³/mol. The maximum absolute atomic E-state index is 12.3. The van der Waals surface area contributed by atoms with Gasteiger partial charge in [-0.1, -0.05) is 12.1 Å². The molecule has 1 amide bonds. The van der Waals surface area contributed by atoms with Gasteiger partial charge < -0.3 is 19.8 Å². The zero-order valence-corrected chi connectivity index (χ0v) is 12.9. The minimum atomic E-state index is -0.259. The van der Waals surface area contributed by atoms with E-state index in [4.69, 9.17) is 9.15 Å². The van der Waals surface area contributed by atoms with Crippen LogP contribution in [-0.2, 0) is 0 Å². The van der Waals surface area contributed by atoms with Crippen molar-refractivity contribution in [2.24, 2.45) is 0 Å². The number of hydrogen-bond donors (Lipinski definition) is 2. The lowest BCUT2D eigenvalue weighted by atomic mass is 9.95. The molecule has 120 valence electrons. The summed E-state index contributed by atoms with van der Waals surface area (Å²) in [7, 11) is 1.60. The summed E-state index contributed by atoms with van der Waals surface area (Å²) in [6.07, 6.45) is 4.87. The number of oxazole rings is 1. The number of carbonyl (C=O) groups is 1. The molecule has 2 aliphatic heterocycles. The number of ether oxygens (including phenoxy) is 1. The lowest BCUT2D eigenvalue weighted by Crippen LogP contribution is -2.43. The number of amides is 1. The van der Waals surface area contributed by atoms with E-state index in [2.05, 4.69) is 15.6 Å². The van der Waals surface area contributed by atoms with Gasteiger partial charge in [0.2, 0.25) is 0 Å². The number of benzene rings is 1. The van der Waals surface area contributed by atoms with Crippen molar-refractivity contribution >= 4 is 5.91 Å². The van der Waals surface area contributed by atoms with Crippen molar-refractivity contribution in [1.82, 2.24) is 15.6 Å². The first-order chi connectivity index (χ1) is 11.2. The summed E-state index contributed by atoms with van der Waals surface area (Å²) in [4.78, 5) is 16.5. The van der Waals surface area contributed by atoms with Crippen LogP contribution in [0.4, 0.5) is 0 Å². The minimum Gasteiger partial charge on any atom is -0.496 e. The van der Waals surface area contributed by atoms with E-state index >= 15 is 0 Å². The third-order valence-electron chi connectivity index (χ3n) is 4.69. The standard InChI is InChI=1S/C17H19N3O3/c1-22-14-5-3-2-4-11(14)15-9-18-17(23-15)16(21)20-13-8-10-6-7-12(13)19-10/h2-5,9-10,12-13,19H,6-8H2,1H3,(H,20,21)/t10-,12+,13-/m1/s1. The fourth-order valence-electron chi connectivity index (χ4n) is 3.57. The highest BCUT2D eigenvalue weighted by atomic mass is 16.5. The van der Waals surface area contributed by atoms with E-state index in [1.165, 1.54) is 6.42 Å². The van der Waals surface area contributed by atoms with E-state index in [-0.39, 0.29) is 17.8 Å². The molecule has 4 rings (SSSR count). The summed E-state index contributed by atoms with van der Waals surface area (Å²) in [5, 5.41) is 6.53. The average molecular weight is 313 g/mol. The minimum absolute atomic E-state index is 0.0914. The van der Waals surface area contributed by atoms with E-state index in [0.717, 1.165) is 18.4 Å². The quantitative estimate of drug-likeness (QED) is 0.902. The number of rotatable bonds is 4. The molecule has 6 nitrogen and oxygen atoms in total. The van der Waals surface area contributed by atoms with Crippen molar-refractivity contribution in [1.29, 1.82) is 0 Å². The average Bonchev–Trinajstić information content (AvgIpc) is 3.31. The van der Waals surface area contributed by atoms with Gasteiger partial charge in [-0.15, -0.1) is 0 Å². The van der Waals surface area contributed by atoms with Crippen LogP contribution < -0.4 is 15.4 Å². The maximum atomic E-state index is 12.3. The first kappa shape index (κ1) is 14.3. The number of methoxy groups -OCH3 is 1. The molecule has 2 fully saturated rings. The van der Waals surface area contributed by atoms with Gasteiger partial charge in [0.15, 0.2) is 5.76 Å². The van der Waals surface area contributed by atoms with Crippen LogP contribution >= 0.6 is 0 Å². The van der Waals surface area contributed by atoms with Gasteiger partial charge in [-0.3, -0.25) is 4.79 Å². The Balaban J connectivity index is 1.50. The van der Waals surface area contributed by atoms with Gasteiger partial charge in [0, 0.05) is 18.1 Å². The highest BCUT2D eigenvalue weighted by Gasteiger charge is 2.40. The summed E-state index contributed by atoms with van der Waals surface area (Å²) >= 11 is 0. The van der Waals surface area contributed by atoms with Crippen LogP contribution in [0, 0.1) is 0 Å². The molecule has 2 N–H and O–H groups in total. The van der Waals surface area contributed by atoms with Crippen LogP contribution in [-0.4, -0.2) is 36.1 Å². The predicted octanol–water partition coefficient (Wildman–Crippen LogP) is 1.97. The fourth-order valence-corrected chi connectivity index (χ4v) is 3.57. The SMILES string of the molecule is COc1ccccc1-c1cnc(C(=O)N[C@@H]2C[C@H]3CC[C@@H]2N3)o1. The van der Waals surface area contributed by atoms with Gasteiger partial charge in [0.25, 0.3) is 5.89 Å². The van der Waals surface area contributed by atoms with E-state index in [1.807, 2.05) is 24.3 Å². The maximum Gasteiger partial charge on any atom is 0.307 e. The third-order valence-corrected chi connectivity index (χ3v) is 4.69. The van der Waals surface area contributed by atoms with Gasteiger partial charge >= 0.3 is 5.91 Å². The number of carbonyl (C=O) groups excluding carboxylic acids is 1. The van der Waals surface area contributed by atoms with Gasteiger partial charge in [-0.05, 0) is 31.4 Å². The second kappa shape index (κ2) is 5.70. The van der Waals surface area contributed by atoms with E-state index in [0.29, 0.717) is 23.6 Å². The summed E-state index contributed by atoms with van der Waals surface area (Å²) < 4.78 is 11.0.